The quantitative estimate of drug-likeness (QED) is 0.762. The van der Waals surface area contributed by atoms with E-state index in [1.165, 1.54) is 0 Å². The molecule has 1 saturated carbocycles. The zero-order valence-electron chi connectivity index (χ0n) is 14.5. The van der Waals surface area contributed by atoms with Gasteiger partial charge in [-0.3, -0.25) is 14.6 Å². The van der Waals surface area contributed by atoms with Crippen LogP contribution in [0.25, 0.3) is 11.3 Å². The van der Waals surface area contributed by atoms with Gasteiger partial charge in [-0.15, -0.1) is 12.4 Å². The minimum atomic E-state index is -0.345. The molecule has 0 spiro atoms. The maximum Gasteiger partial charge on any atom is 0.269 e. The highest BCUT2D eigenvalue weighted by Crippen LogP contribution is 2.39. The second-order valence-corrected chi connectivity index (χ2v) is 6.69. The van der Waals surface area contributed by atoms with Gasteiger partial charge in [-0.25, -0.2) is 0 Å². The Bertz CT molecular complexity index is 748. The van der Waals surface area contributed by atoms with Gasteiger partial charge in [0.1, 0.15) is 5.69 Å². The summed E-state index contributed by atoms with van der Waals surface area (Å²) in [6.07, 6.45) is 2.24. The Kier molecular flexibility index (Phi) is 5.05. The molecule has 8 heteroatoms. The molecule has 0 bridgehead atoms. The van der Waals surface area contributed by atoms with Crippen molar-refractivity contribution in [1.82, 2.24) is 25.3 Å². The number of aryl methyl sites for hydroxylation is 2. The maximum absolute atomic E-state index is 12.5. The number of aromatic nitrogens is 4. The summed E-state index contributed by atoms with van der Waals surface area (Å²) in [6.45, 7) is 6.37. The second kappa shape index (κ2) is 6.57. The number of carbonyl (C=O) groups excluding carboxylic acids is 1. The van der Waals surface area contributed by atoms with Crippen molar-refractivity contribution in [2.45, 2.75) is 39.2 Å². The molecule has 0 aromatic carbocycles. The van der Waals surface area contributed by atoms with Crippen molar-refractivity contribution in [3.8, 4) is 11.3 Å². The summed E-state index contributed by atoms with van der Waals surface area (Å²) in [6, 6.07) is 1.77. The molecule has 0 aliphatic heterocycles. The Hall–Kier alpha value is -1.86. The lowest BCUT2D eigenvalue weighted by Gasteiger charge is -2.29. The van der Waals surface area contributed by atoms with Crippen molar-refractivity contribution >= 4 is 18.3 Å². The average Bonchev–Trinajstić information content (AvgIpc) is 3.21. The van der Waals surface area contributed by atoms with Crippen LogP contribution >= 0.6 is 12.4 Å². The van der Waals surface area contributed by atoms with Gasteiger partial charge in [0.05, 0.1) is 16.9 Å². The van der Waals surface area contributed by atoms with Crippen molar-refractivity contribution in [2.75, 3.05) is 6.54 Å². The molecule has 1 fully saturated rings. The average molecular weight is 353 g/mol. The van der Waals surface area contributed by atoms with E-state index in [1.54, 1.807) is 6.07 Å². The molecular formula is C16H25ClN6O. The lowest BCUT2D eigenvalue weighted by Crippen LogP contribution is -2.53. The monoisotopic (exact) mass is 352 g/mol. The van der Waals surface area contributed by atoms with Gasteiger partial charge in [0, 0.05) is 24.8 Å². The van der Waals surface area contributed by atoms with E-state index >= 15 is 0 Å². The van der Waals surface area contributed by atoms with E-state index < -0.39 is 0 Å². The molecule has 2 aromatic heterocycles. The molecule has 1 aliphatic carbocycles. The summed E-state index contributed by atoms with van der Waals surface area (Å²) in [5.41, 5.74) is 9.58. The van der Waals surface area contributed by atoms with E-state index in [9.17, 15) is 4.79 Å². The molecule has 0 saturated heterocycles. The first kappa shape index (κ1) is 18.5. The highest BCUT2D eigenvalue weighted by molar-refractivity contribution is 5.94. The Morgan fingerprint density at radius 1 is 1.50 bits per heavy atom. The Labute approximate surface area is 147 Å². The largest absolute Gasteiger partial charge is 0.344 e. The molecule has 1 amide bonds. The first-order chi connectivity index (χ1) is 10.9. The highest BCUT2D eigenvalue weighted by Gasteiger charge is 2.41. The molecule has 1 atom stereocenters. The Morgan fingerprint density at radius 3 is 2.67 bits per heavy atom. The van der Waals surface area contributed by atoms with E-state index in [0.29, 0.717) is 18.2 Å². The van der Waals surface area contributed by atoms with E-state index in [1.807, 2.05) is 32.5 Å². The maximum atomic E-state index is 12.5. The standard InChI is InChI=1S/C16H24N6O.ClH/c1-9-14(10(2)22(4)21-9)12-7-13(20-19-12)15(23)18-16(3,8-17)11-5-6-11;/h7,11H,5-6,8,17H2,1-4H3,(H,18,23)(H,19,20);1H. The van der Waals surface area contributed by atoms with Crippen LogP contribution in [-0.2, 0) is 7.05 Å². The second-order valence-electron chi connectivity index (χ2n) is 6.69. The van der Waals surface area contributed by atoms with Crippen molar-refractivity contribution < 1.29 is 4.79 Å². The molecule has 2 aromatic rings. The van der Waals surface area contributed by atoms with Crippen LogP contribution in [0.1, 0.15) is 41.6 Å². The number of hydrogen-bond acceptors (Lipinski definition) is 4. The summed E-state index contributed by atoms with van der Waals surface area (Å²) in [4.78, 5) is 12.5. The number of nitrogens with zero attached hydrogens (tertiary/aromatic N) is 3. The van der Waals surface area contributed by atoms with Gasteiger partial charge >= 0.3 is 0 Å². The molecule has 0 radical (unpaired) electrons. The van der Waals surface area contributed by atoms with Crippen molar-refractivity contribution in [3.63, 3.8) is 0 Å². The summed E-state index contributed by atoms with van der Waals surface area (Å²) >= 11 is 0. The summed E-state index contributed by atoms with van der Waals surface area (Å²) in [5, 5.41) is 14.6. The minimum Gasteiger partial charge on any atom is -0.344 e. The first-order valence-electron chi connectivity index (χ1n) is 7.94. The van der Waals surface area contributed by atoms with E-state index in [0.717, 1.165) is 35.5 Å². The minimum absolute atomic E-state index is 0. The molecule has 1 unspecified atom stereocenters. The van der Waals surface area contributed by atoms with Crippen LogP contribution in [0.4, 0.5) is 0 Å². The number of rotatable bonds is 5. The van der Waals surface area contributed by atoms with Gasteiger partial charge in [0.25, 0.3) is 5.91 Å². The topological polar surface area (TPSA) is 102 Å². The zero-order valence-corrected chi connectivity index (χ0v) is 15.3. The fraction of sp³-hybridized carbons (Fsp3) is 0.562. The third-order valence-electron chi connectivity index (χ3n) is 4.89. The molecule has 24 heavy (non-hydrogen) atoms. The number of halogens is 1. The van der Waals surface area contributed by atoms with E-state index in [-0.39, 0.29) is 23.9 Å². The molecule has 4 N–H and O–H groups in total. The summed E-state index contributed by atoms with van der Waals surface area (Å²) < 4.78 is 1.82. The molecule has 1 aliphatic rings. The van der Waals surface area contributed by atoms with Gasteiger partial charge in [-0.2, -0.15) is 10.2 Å². The normalized spacial score (nSPS) is 16.4. The number of H-pyrrole nitrogens is 1. The Morgan fingerprint density at radius 2 is 2.17 bits per heavy atom. The van der Waals surface area contributed by atoms with Crippen LogP contribution in [0, 0.1) is 19.8 Å². The lowest BCUT2D eigenvalue weighted by atomic mass is 9.96. The van der Waals surface area contributed by atoms with Gasteiger partial charge in [0.2, 0.25) is 0 Å². The predicted molar refractivity (Wildman–Crippen MR) is 95.2 cm³/mol. The van der Waals surface area contributed by atoms with Crippen LogP contribution in [0.2, 0.25) is 0 Å². The lowest BCUT2D eigenvalue weighted by molar-refractivity contribution is 0.0892. The van der Waals surface area contributed by atoms with Crippen LogP contribution in [0.5, 0.6) is 0 Å². The molecule has 7 nitrogen and oxygen atoms in total. The van der Waals surface area contributed by atoms with E-state index in [4.69, 9.17) is 5.73 Å². The van der Waals surface area contributed by atoms with Crippen LogP contribution < -0.4 is 11.1 Å². The zero-order chi connectivity index (χ0) is 16.8. The highest BCUT2D eigenvalue weighted by atomic mass is 35.5. The van der Waals surface area contributed by atoms with Crippen molar-refractivity contribution in [1.29, 1.82) is 0 Å². The van der Waals surface area contributed by atoms with E-state index in [2.05, 4.69) is 20.6 Å². The number of nitrogens with one attached hydrogen (secondary N) is 2. The molecular weight excluding hydrogens is 328 g/mol. The third-order valence-corrected chi connectivity index (χ3v) is 4.89. The van der Waals surface area contributed by atoms with Gasteiger partial charge in [-0.05, 0) is 45.6 Å². The fourth-order valence-electron chi connectivity index (χ4n) is 3.08. The van der Waals surface area contributed by atoms with Crippen LogP contribution in [0.3, 0.4) is 0 Å². The smallest absolute Gasteiger partial charge is 0.269 e. The third kappa shape index (κ3) is 3.18. The Balaban J connectivity index is 0.00000208. The number of carbonyl (C=O) groups is 1. The molecule has 3 rings (SSSR count). The fourth-order valence-corrected chi connectivity index (χ4v) is 3.08. The number of nitrogens with two attached hydrogens (primary N) is 1. The van der Waals surface area contributed by atoms with Crippen LogP contribution in [-0.4, -0.2) is 38.0 Å². The predicted octanol–water partition coefficient (Wildman–Crippen LogP) is 1.71. The van der Waals surface area contributed by atoms with Crippen molar-refractivity contribution in [2.24, 2.45) is 18.7 Å². The summed E-state index contributed by atoms with van der Waals surface area (Å²) in [5.74, 6) is 0.310. The van der Waals surface area contributed by atoms with Crippen molar-refractivity contribution in [3.05, 3.63) is 23.1 Å². The molecule has 132 valence electrons. The van der Waals surface area contributed by atoms with Crippen LogP contribution in [0.15, 0.2) is 6.07 Å². The SMILES string of the molecule is Cc1nn(C)c(C)c1-c1cc(C(=O)NC(C)(CN)C2CC2)[nH]n1.Cl. The van der Waals surface area contributed by atoms with Gasteiger partial charge in [-0.1, -0.05) is 0 Å². The number of aromatic amines is 1. The first-order valence-corrected chi connectivity index (χ1v) is 7.94. The molecule has 2 heterocycles. The number of hydrogen-bond donors (Lipinski definition) is 3. The summed E-state index contributed by atoms with van der Waals surface area (Å²) in [7, 11) is 1.90. The van der Waals surface area contributed by atoms with Gasteiger partial charge < -0.3 is 11.1 Å². The number of amides is 1. The van der Waals surface area contributed by atoms with Gasteiger partial charge in [0.15, 0.2) is 0 Å².